The summed E-state index contributed by atoms with van der Waals surface area (Å²) in [6.45, 7) is 8.26. The third-order valence-electron chi connectivity index (χ3n) is 3.14. The number of benzene rings is 1. The molecule has 0 fully saturated rings. The molecule has 20 heavy (non-hydrogen) atoms. The first-order valence-corrected chi connectivity index (χ1v) is 7.03. The van der Waals surface area contributed by atoms with Crippen LogP contribution in [0.4, 0.5) is 0 Å². The van der Waals surface area contributed by atoms with Gasteiger partial charge in [-0.2, -0.15) is 0 Å². The molecule has 112 valence electrons. The highest BCUT2D eigenvalue weighted by Gasteiger charge is 2.14. The fourth-order valence-electron chi connectivity index (χ4n) is 1.98. The predicted octanol–water partition coefficient (Wildman–Crippen LogP) is 2.21. The zero-order valence-corrected chi connectivity index (χ0v) is 12.8. The number of hydrogen-bond donors (Lipinski definition) is 2. The normalized spacial score (nSPS) is 12.3. The minimum atomic E-state index is -0.191. The Hall–Kier alpha value is -1.55. The van der Waals surface area contributed by atoms with Crippen LogP contribution >= 0.6 is 0 Å². The van der Waals surface area contributed by atoms with Gasteiger partial charge in [-0.3, -0.25) is 4.79 Å². The molecule has 0 saturated heterocycles. The maximum atomic E-state index is 11.7. The standard InChI is InChI=1S/C16H25NO3/c1-11(2)15(10-18)17-16(19)5-6-20-14-8-12(3)7-13(4)9-14/h7-9,11,15,18H,5-6,10H2,1-4H3,(H,17,19)/t15-/m1/s1. The largest absolute Gasteiger partial charge is 0.493 e. The Morgan fingerprint density at radius 1 is 1.25 bits per heavy atom. The molecular weight excluding hydrogens is 254 g/mol. The molecular formula is C16H25NO3. The monoisotopic (exact) mass is 279 g/mol. The average molecular weight is 279 g/mol. The Morgan fingerprint density at radius 3 is 2.35 bits per heavy atom. The second-order valence-electron chi connectivity index (χ2n) is 5.52. The van der Waals surface area contributed by atoms with Crippen LogP contribution in [0.15, 0.2) is 18.2 Å². The Balaban J connectivity index is 2.38. The Bertz CT molecular complexity index is 423. The second-order valence-corrected chi connectivity index (χ2v) is 5.52. The van der Waals surface area contributed by atoms with Crippen LogP contribution in [-0.4, -0.2) is 30.3 Å². The number of hydrogen-bond acceptors (Lipinski definition) is 3. The van der Waals surface area contributed by atoms with Gasteiger partial charge < -0.3 is 15.2 Å². The van der Waals surface area contributed by atoms with Crippen LogP contribution in [-0.2, 0) is 4.79 Å². The summed E-state index contributed by atoms with van der Waals surface area (Å²) in [6.07, 6.45) is 0.288. The Kier molecular flexibility index (Phi) is 6.52. The third-order valence-corrected chi connectivity index (χ3v) is 3.14. The van der Waals surface area contributed by atoms with Gasteiger partial charge in [0.05, 0.1) is 25.7 Å². The number of amides is 1. The number of aryl methyl sites for hydroxylation is 2. The molecule has 1 aromatic rings. The molecule has 0 aromatic heterocycles. The molecule has 0 aliphatic heterocycles. The van der Waals surface area contributed by atoms with Gasteiger partial charge in [-0.15, -0.1) is 0 Å². The highest BCUT2D eigenvalue weighted by atomic mass is 16.5. The average Bonchev–Trinajstić information content (AvgIpc) is 2.34. The SMILES string of the molecule is Cc1cc(C)cc(OCCC(=O)N[C@H](CO)C(C)C)c1. The lowest BCUT2D eigenvalue weighted by Gasteiger charge is -2.19. The minimum Gasteiger partial charge on any atom is -0.493 e. The first kappa shape index (κ1) is 16.5. The zero-order chi connectivity index (χ0) is 15.1. The van der Waals surface area contributed by atoms with Crippen molar-refractivity contribution in [3.8, 4) is 5.75 Å². The van der Waals surface area contributed by atoms with Crippen molar-refractivity contribution in [1.29, 1.82) is 0 Å². The topological polar surface area (TPSA) is 58.6 Å². The molecule has 0 spiro atoms. The van der Waals surface area contributed by atoms with Crippen LogP contribution in [0.25, 0.3) is 0 Å². The van der Waals surface area contributed by atoms with Crippen LogP contribution in [0.5, 0.6) is 5.75 Å². The maximum absolute atomic E-state index is 11.7. The van der Waals surface area contributed by atoms with Crippen LogP contribution < -0.4 is 10.1 Å². The minimum absolute atomic E-state index is 0.0403. The number of carbonyl (C=O) groups excluding carboxylic acids is 1. The molecule has 1 amide bonds. The Morgan fingerprint density at radius 2 is 1.85 bits per heavy atom. The van der Waals surface area contributed by atoms with Gasteiger partial charge in [0.1, 0.15) is 5.75 Å². The van der Waals surface area contributed by atoms with Crippen LogP contribution in [0, 0.1) is 19.8 Å². The van der Waals surface area contributed by atoms with Crippen molar-refractivity contribution in [3.63, 3.8) is 0 Å². The molecule has 1 atom stereocenters. The summed E-state index contributed by atoms with van der Waals surface area (Å²) >= 11 is 0. The van der Waals surface area contributed by atoms with Crippen LogP contribution in [0.2, 0.25) is 0 Å². The van der Waals surface area contributed by atoms with Gasteiger partial charge >= 0.3 is 0 Å². The quantitative estimate of drug-likeness (QED) is 0.804. The third kappa shape index (κ3) is 5.61. The molecule has 0 unspecified atom stereocenters. The van der Waals surface area contributed by atoms with E-state index in [4.69, 9.17) is 9.84 Å². The molecule has 0 saturated carbocycles. The van der Waals surface area contributed by atoms with Crippen molar-refractivity contribution in [2.75, 3.05) is 13.2 Å². The van der Waals surface area contributed by atoms with Gasteiger partial charge in [0, 0.05) is 0 Å². The first-order valence-electron chi connectivity index (χ1n) is 7.03. The van der Waals surface area contributed by atoms with E-state index in [1.54, 1.807) is 0 Å². The van der Waals surface area contributed by atoms with E-state index in [0.29, 0.717) is 6.61 Å². The lowest BCUT2D eigenvalue weighted by Crippen LogP contribution is -2.41. The Labute approximate surface area is 121 Å². The molecule has 0 aliphatic carbocycles. The van der Waals surface area contributed by atoms with E-state index in [1.807, 2.05) is 39.8 Å². The summed E-state index contributed by atoms with van der Waals surface area (Å²) in [7, 11) is 0. The van der Waals surface area contributed by atoms with Crippen molar-refractivity contribution in [2.45, 2.75) is 40.2 Å². The van der Waals surface area contributed by atoms with E-state index in [-0.39, 0.29) is 30.9 Å². The number of rotatable bonds is 7. The molecule has 1 rings (SSSR count). The fourth-order valence-corrected chi connectivity index (χ4v) is 1.98. The number of nitrogens with one attached hydrogen (secondary N) is 1. The van der Waals surface area contributed by atoms with Gasteiger partial charge in [-0.1, -0.05) is 19.9 Å². The van der Waals surface area contributed by atoms with Crippen LogP contribution in [0.1, 0.15) is 31.4 Å². The zero-order valence-electron chi connectivity index (χ0n) is 12.8. The number of ether oxygens (including phenoxy) is 1. The maximum Gasteiger partial charge on any atom is 0.223 e. The van der Waals surface area contributed by atoms with Gasteiger partial charge in [0.2, 0.25) is 5.91 Å². The molecule has 0 heterocycles. The molecule has 1 aromatic carbocycles. The molecule has 0 radical (unpaired) electrons. The van der Waals surface area contributed by atoms with E-state index >= 15 is 0 Å². The smallest absolute Gasteiger partial charge is 0.223 e. The lowest BCUT2D eigenvalue weighted by molar-refractivity contribution is -0.122. The van der Waals surface area contributed by atoms with E-state index in [1.165, 1.54) is 0 Å². The lowest BCUT2D eigenvalue weighted by atomic mass is 10.1. The molecule has 2 N–H and O–H groups in total. The summed E-state index contributed by atoms with van der Waals surface area (Å²) in [5, 5.41) is 12.0. The van der Waals surface area contributed by atoms with Gasteiger partial charge in [-0.05, 0) is 43.0 Å². The van der Waals surface area contributed by atoms with E-state index in [9.17, 15) is 4.79 Å². The number of aliphatic hydroxyl groups excluding tert-OH is 1. The summed E-state index contributed by atoms with van der Waals surface area (Å²) in [5.41, 5.74) is 2.29. The fraction of sp³-hybridized carbons (Fsp3) is 0.562. The summed E-state index contributed by atoms with van der Waals surface area (Å²) in [4.78, 5) is 11.7. The highest BCUT2D eigenvalue weighted by molar-refractivity contribution is 5.76. The van der Waals surface area contributed by atoms with Crippen molar-refractivity contribution < 1.29 is 14.6 Å². The van der Waals surface area contributed by atoms with Crippen molar-refractivity contribution in [2.24, 2.45) is 5.92 Å². The van der Waals surface area contributed by atoms with E-state index in [0.717, 1.165) is 16.9 Å². The van der Waals surface area contributed by atoms with Crippen molar-refractivity contribution in [1.82, 2.24) is 5.32 Å². The summed E-state index contributed by atoms with van der Waals surface area (Å²) < 4.78 is 5.59. The van der Waals surface area contributed by atoms with E-state index in [2.05, 4.69) is 11.4 Å². The predicted molar refractivity (Wildman–Crippen MR) is 79.9 cm³/mol. The van der Waals surface area contributed by atoms with Crippen molar-refractivity contribution >= 4 is 5.91 Å². The van der Waals surface area contributed by atoms with Gasteiger partial charge in [-0.25, -0.2) is 0 Å². The highest BCUT2D eigenvalue weighted by Crippen LogP contribution is 2.16. The van der Waals surface area contributed by atoms with Crippen molar-refractivity contribution in [3.05, 3.63) is 29.3 Å². The first-order chi connectivity index (χ1) is 9.42. The molecule has 0 aliphatic rings. The van der Waals surface area contributed by atoms with Gasteiger partial charge in [0.15, 0.2) is 0 Å². The summed E-state index contributed by atoms with van der Waals surface area (Å²) in [5.74, 6) is 0.907. The van der Waals surface area contributed by atoms with Gasteiger partial charge in [0.25, 0.3) is 0 Å². The number of aliphatic hydroxyl groups is 1. The molecule has 4 nitrogen and oxygen atoms in total. The molecule has 0 bridgehead atoms. The van der Waals surface area contributed by atoms with Crippen LogP contribution in [0.3, 0.4) is 0 Å². The molecule has 4 heteroatoms. The number of carbonyl (C=O) groups is 1. The summed E-state index contributed by atoms with van der Waals surface area (Å²) in [6, 6.07) is 5.79. The second kappa shape index (κ2) is 7.90. The van der Waals surface area contributed by atoms with E-state index < -0.39 is 0 Å².